The van der Waals surface area contributed by atoms with E-state index >= 15 is 0 Å². The van der Waals surface area contributed by atoms with Crippen LogP contribution in [0, 0.1) is 0 Å². The second-order valence-electron chi connectivity index (χ2n) is 7.51. The summed E-state index contributed by atoms with van der Waals surface area (Å²) < 4.78 is 6.07. The Kier molecular flexibility index (Phi) is 4.70. The van der Waals surface area contributed by atoms with E-state index in [1.807, 2.05) is 48.5 Å². The van der Waals surface area contributed by atoms with Crippen molar-refractivity contribution in [3.63, 3.8) is 0 Å². The molecule has 1 aromatic heterocycles. The molecule has 156 valence electrons. The number of para-hydroxylation sites is 1. The first kappa shape index (κ1) is 19.6. The molecule has 31 heavy (non-hydrogen) atoms. The molecular formula is C24H20BrN3O3. The molecule has 0 radical (unpaired) electrons. The number of nitrogens with zero attached hydrogens (tertiary/aromatic N) is 1. The van der Waals surface area contributed by atoms with Crippen LogP contribution in [0.1, 0.15) is 22.8 Å². The summed E-state index contributed by atoms with van der Waals surface area (Å²) in [4.78, 5) is 30.9. The number of anilines is 1. The van der Waals surface area contributed by atoms with Crippen molar-refractivity contribution in [2.75, 3.05) is 19.0 Å². The Labute approximate surface area is 187 Å². The summed E-state index contributed by atoms with van der Waals surface area (Å²) in [5, 5.41) is 4.73. The number of carbonyl (C=O) groups excluding carboxylic acids is 2. The average Bonchev–Trinajstić information content (AvgIpc) is 3.27. The van der Waals surface area contributed by atoms with Crippen molar-refractivity contribution in [3.8, 4) is 11.1 Å². The van der Waals surface area contributed by atoms with Crippen molar-refractivity contribution in [2.24, 2.45) is 0 Å². The number of carbonyl (C=O) groups is 2. The molecule has 0 spiro atoms. The van der Waals surface area contributed by atoms with Gasteiger partial charge >= 0.3 is 6.09 Å². The third kappa shape index (κ3) is 2.99. The second-order valence-corrected chi connectivity index (χ2v) is 8.37. The van der Waals surface area contributed by atoms with Crippen molar-refractivity contribution >= 4 is 55.4 Å². The molecule has 2 N–H and O–H groups in total. The molecule has 5 rings (SSSR count). The fourth-order valence-corrected chi connectivity index (χ4v) is 4.87. The second kappa shape index (κ2) is 7.42. The molecule has 0 unspecified atom stereocenters. The van der Waals surface area contributed by atoms with Gasteiger partial charge in [-0.3, -0.25) is 10.1 Å². The van der Waals surface area contributed by atoms with E-state index in [4.69, 9.17) is 4.74 Å². The highest BCUT2D eigenvalue weighted by Crippen LogP contribution is 2.47. The van der Waals surface area contributed by atoms with E-state index in [0.29, 0.717) is 23.3 Å². The van der Waals surface area contributed by atoms with Gasteiger partial charge in [0.15, 0.2) is 0 Å². The van der Waals surface area contributed by atoms with Crippen molar-refractivity contribution in [1.82, 2.24) is 9.88 Å². The first-order valence-electron chi connectivity index (χ1n) is 10.0. The lowest BCUT2D eigenvalue weighted by atomic mass is 9.91. The Morgan fingerprint density at radius 3 is 2.68 bits per heavy atom. The number of ether oxygens (including phenoxy) is 1. The number of rotatable bonds is 3. The lowest BCUT2D eigenvalue weighted by Gasteiger charge is -2.18. The van der Waals surface area contributed by atoms with Crippen LogP contribution in [0.4, 0.5) is 10.5 Å². The number of amides is 2. The zero-order valence-electron chi connectivity index (χ0n) is 17.1. The highest BCUT2D eigenvalue weighted by Gasteiger charge is 2.34. The summed E-state index contributed by atoms with van der Waals surface area (Å²) in [6, 6.07) is 15.7. The minimum atomic E-state index is -0.534. The monoisotopic (exact) mass is 477 g/mol. The molecule has 0 fully saturated rings. The van der Waals surface area contributed by atoms with Crippen molar-refractivity contribution in [1.29, 1.82) is 0 Å². The van der Waals surface area contributed by atoms with Gasteiger partial charge in [0.1, 0.15) is 0 Å². The van der Waals surface area contributed by atoms with E-state index < -0.39 is 6.09 Å². The van der Waals surface area contributed by atoms with Crippen molar-refractivity contribution in [2.45, 2.75) is 13.5 Å². The van der Waals surface area contributed by atoms with Gasteiger partial charge in [-0.25, -0.2) is 4.79 Å². The number of benzene rings is 3. The van der Waals surface area contributed by atoms with Gasteiger partial charge in [0.05, 0.1) is 23.4 Å². The molecule has 2 amide bonds. The smallest absolute Gasteiger partial charge is 0.411 e. The molecule has 0 aliphatic carbocycles. The van der Waals surface area contributed by atoms with Gasteiger partial charge < -0.3 is 14.6 Å². The van der Waals surface area contributed by atoms with Crippen molar-refractivity contribution in [3.05, 3.63) is 64.1 Å². The molecule has 7 heteroatoms. The van der Waals surface area contributed by atoms with Crippen LogP contribution in [0.25, 0.3) is 32.9 Å². The molecule has 0 atom stereocenters. The number of aromatic amines is 1. The molecule has 0 bridgehead atoms. The Hall–Kier alpha value is -3.32. The minimum Gasteiger partial charge on any atom is -0.450 e. The van der Waals surface area contributed by atoms with Crippen LogP contribution in [0.2, 0.25) is 0 Å². The highest BCUT2D eigenvalue weighted by molar-refractivity contribution is 9.10. The summed E-state index contributed by atoms with van der Waals surface area (Å²) in [5.74, 6) is -0.0271. The summed E-state index contributed by atoms with van der Waals surface area (Å²) in [6.45, 7) is 2.49. The Morgan fingerprint density at radius 2 is 1.90 bits per heavy atom. The number of nitrogens with one attached hydrogen (secondary N) is 2. The molecule has 4 aromatic rings. The molecular weight excluding hydrogens is 458 g/mol. The maximum Gasteiger partial charge on any atom is 0.411 e. The van der Waals surface area contributed by atoms with Gasteiger partial charge in [-0.15, -0.1) is 0 Å². The highest BCUT2D eigenvalue weighted by atomic mass is 79.9. The molecule has 0 saturated heterocycles. The van der Waals surface area contributed by atoms with Crippen LogP contribution in [0.3, 0.4) is 0 Å². The summed E-state index contributed by atoms with van der Waals surface area (Å²) in [7, 11) is 1.80. The molecule has 1 aliphatic heterocycles. The van der Waals surface area contributed by atoms with Gasteiger partial charge in [-0.1, -0.05) is 52.3 Å². The maximum absolute atomic E-state index is 13.2. The van der Waals surface area contributed by atoms with Gasteiger partial charge in [0.25, 0.3) is 5.91 Å². The standard InChI is InChI=1S/C24H20BrN3O3/c1-3-31-24(30)27-21-18(13-8-4-6-10-16(13)25)15-12-28(2)23(29)20(15)19-14-9-5-7-11-17(14)26-22(19)21/h4-11,26H,3,12H2,1-2H3,(H,27,30). The first-order valence-corrected chi connectivity index (χ1v) is 10.8. The Morgan fingerprint density at radius 1 is 1.16 bits per heavy atom. The van der Waals surface area contributed by atoms with Gasteiger partial charge in [0.2, 0.25) is 0 Å². The van der Waals surface area contributed by atoms with Gasteiger partial charge in [0, 0.05) is 39.9 Å². The number of fused-ring (bicyclic) bond motifs is 5. The molecule has 0 saturated carbocycles. The van der Waals surface area contributed by atoms with Crippen LogP contribution < -0.4 is 5.32 Å². The van der Waals surface area contributed by atoms with Crippen LogP contribution in [-0.2, 0) is 11.3 Å². The fraction of sp³-hybridized carbons (Fsp3) is 0.167. The van der Waals surface area contributed by atoms with Gasteiger partial charge in [-0.05, 0) is 30.2 Å². The largest absolute Gasteiger partial charge is 0.450 e. The van der Waals surface area contributed by atoms with Crippen LogP contribution >= 0.6 is 15.9 Å². The van der Waals surface area contributed by atoms with Crippen LogP contribution in [-0.4, -0.2) is 35.5 Å². The SMILES string of the molecule is CCOC(=O)Nc1c(-c2ccccc2Br)c2c(c3c1[nH]c1ccccc13)C(=O)N(C)C2. The summed E-state index contributed by atoms with van der Waals surface area (Å²) in [5.41, 5.74) is 5.50. The van der Waals surface area contributed by atoms with Crippen LogP contribution in [0.5, 0.6) is 0 Å². The molecule has 2 heterocycles. The summed E-state index contributed by atoms with van der Waals surface area (Å²) in [6.07, 6.45) is -0.534. The number of hydrogen-bond acceptors (Lipinski definition) is 3. The zero-order chi connectivity index (χ0) is 21.7. The first-order chi connectivity index (χ1) is 15.0. The number of halogens is 1. The van der Waals surface area contributed by atoms with E-state index in [-0.39, 0.29) is 12.5 Å². The van der Waals surface area contributed by atoms with Crippen LogP contribution in [0.15, 0.2) is 53.0 Å². The predicted octanol–water partition coefficient (Wildman–Crippen LogP) is 5.90. The normalized spacial score (nSPS) is 13.1. The maximum atomic E-state index is 13.2. The third-order valence-corrected chi connectivity index (χ3v) is 6.35. The molecule has 6 nitrogen and oxygen atoms in total. The molecule has 1 aliphatic rings. The number of aromatic nitrogens is 1. The van der Waals surface area contributed by atoms with E-state index in [9.17, 15) is 9.59 Å². The van der Waals surface area contributed by atoms with E-state index in [2.05, 4.69) is 26.2 Å². The zero-order valence-corrected chi connectivity index (χ0v) is 18.7. The Balaban J connectivity index is 1.96. The van der Waals surface area contributed by atoms with E-state index in [1.54, 1.807) is 18.9 Å². The fourth-order valence-electron chi connectivity index (χ4n) is 4.39. The quantitative estimate of drug-likeness (QED) is 0.385. The summed E-state index contributed by atoms with van der Waals surface area (Å²) >= 11 is 3.65. The number of H-pyrrole nitrogens is 1. The topological polar surface area (TPSA) is 74.4 Å². The van der Waals surface area contributed by atoms with Gasteiger partial charge in [-0.2, -0.15) is 0 Å². The Bertz CT molecular complexity index is 1380. The number of hydrogen-bond donors (Lipinski definition) is 2. The lowest BCUT2D eigenvalue weighted by molar-refractivity contribution is 0.0818. The minimum absolute atomic E-state index is 0.0271. The predicted molar refractivity (Wildman–Crippen MR) is 125 cm³/mol. The van der Waals surface area contributed by atoms with E-state index in [1.165, 1.54) is 0 Å². The molecule has 3 aromatic carbocycles. The third-order valence-electron chi connectivity index (χ3n) is 5.66. The lowest BCUT2D eigenvalue weighted by Crippen LogP contribution is -2.17. The van der Waals surface area contributed by atoms with E-state index in [0.717, 1.165) is 37.5 Å². The average molecular weight is 478 g/mol. The van der Waals surface area contributed by atoms with Crippen molar-refractivity contribution < 1.29 is 14.3 Å².